The van der Waals surface area contributed by atoms with Crippen LogP contribution in [0, 0.1) is 52.3 Å². The van der Waals surface area contributed by atoms with Gasteiger partial charge in [-0.1, -0.05) is 20.8 Å². The van der Waals surface area contributed by atoms with Crippen LogP contribution in [0.5, 0.6) is 0 Å². The van der Waals surface area contributed by atoms with Gasteiger partial charge in [-0.3, -0.25) is 4.55 Å². The maximum atomic E-state index is 11.7. The van der Waals surface area contributed by atoms with Crippen LogP contribution >= 0.6 is 0 Å². The first kappa shape index (κ1) is 29.6. The zero-order valence-electron chi connectivity index (χ0n) is 22.4. The van der Waals surface area contributed by atoms with E-state index in [0.717, 1.165) is 38.5 Å². The van der Waals surface area contributed by atoms with Crippen LogP contribution in [0.1, 0.15) is 78.6 Å². The minimum absolute atomic E-state index is 0.0304. The van der Waals surface area contributed by atoms with Crippen molar-refractivity contribution >= 4 is 10.4 Å². The lowest BCUT2D eigenvalue weighted by Crippen LogP contribution is -2.62. The molecule has 0 saturated heterocycles. The van der Waals surface area contributed by atoms with Gasteiger partial charge in [0.2, 0.25) is 0 Å². The van der Waals surface area contributed by atoms with Crippen LogP contribution in [-0.4, -0.2) is 76.1 Å². The molecule has 13 atom stereocenters. The summed E-state index contributed by atoms with van der Waals surface area (Å²) in [5.41, 5.74) is -0.309. The van der Waals surface area contributed by atoms with Crippen molar-refractivity contribution in [2.75, 3.05) is 13.2 Å². The highest BCUT2D eigenvalue weighted by molar-refractivity contribution is 7.80. The van der Waals surface area contributed by atoms with Gasteiger partial charge in [0.25, 0.3) is 0 Å². The molecule has 9 nitrogen and oxygen atoms in total. The maximum absolute atomic E-state index is 11.7. The van der Waals surface area contributed by atoms with Crippen LogP contribution in [0.25, 0.3) is 0 Å². The molecule has 4 saturated carbocycles. The van der Waals surface area contributed by atoms with Crippen molar-refractivity contribution in [2.45, 2.75) is 103 Å². The summed E-state index contributed by atoms with van der Waals surface area (Å²) in [6.45, 7) is 5.67. The second-order valence-corrected chi connectivity index (χ2v) is 14.4. The molecule has 0 spiro atoms. The number of rotatable bonds is 9. The van der Waals surface area contributed by atoms with Gasteiger partial charge in [-0.25, -0.2) is 4.18 Å². The van der Waals surface area contributed by atoms with Crippen LogP contribution in [0.4, 0.5) is 0 Å². The quantitative estimate of drug-likeness (QED) is 0.237. The van der Waals surface area contributed by atoms with E-state index in [0.29, 0.717) is 19.3 Å². The third-order valence-electron chi connectivity index (χ3n) is 11.6. The fourth-order valence-electron chi connectivity index (χ4n) is 9.46. The van der Waals surface area contributed by atoms with Gasteiger partial charge in [0.1, 0.15) is 0 Å². The average molecular weight is 549 g/mol. The lowest BCUT2D eigenvalue weighted by Gasteiger charge is -2.63. The lowest BCUT2D eigenvalue weighted by molar-refractivity contribution is -0.207. The zero-order valence-corrected chi connectivity index (χ0v) is 23.3. The Hall–Kier alpha value is -0.330. The van der Waals surface area contributed by atoms with E-state index in [1.807, 2.05) is 0 Å². The highest BCUT2D eigenvalue weighted by Gasteiger charge is 2.65. The van der Waals surface area contributed by atoms with Crippen molar-refractivity contribution < 1.29 is 42.7 Å². The number of fused-ring (bicyclic) bond motifs is 5. The summed E-state index contributed by atoms with van der Waals surface area (Å²) in [7, 11) is -4.65. The molecule has 0 bridgehead atoms. The zero-order chi connectivity index (χ0) is 27.3. The molecule has 0 aromatic carbocycles. The highest BCUT2D eigenvalue weighted by atomic mass is 32.3. The van der Waals surface area contributed by atoms with E-state index in [9.17, 15) is 34.0 Å². The molecule has 10 heteroatoms. The van der Waals surface area contributed by atoms with Gasteiger partial charge in [0.15, 0.2) is 0 Å². The molecule has 4 fully saturated rings. The summed E-state index contributed by atoms with van der Waals surface area (Å²) >= 11 is 0. The monoisotopic (exact) mass is 548 g/mol. The minimum Gasteiger partial charge on any atom is -0.396 e. The molecule has 0 heterocycles. The molecule has 37 heavy (non-hydrogen) atoms. The standard InChI is InChI=1S/C27H48O9S/c1-15(4-7-22(30)16(13-28)14-36-37(33,34)35)19-5-6-20-25-21(12-24(32)27(19,20)3)26(2)9-8-18(29)10-17(26)11-23(25)31/h15-25,28-32H,4-14H2,1-3H3,(H,33,34,35)/t15-,16-,17?,18-,19?,20?,21?,22-,23?,24+,25?,26+,27-/m1/s1. The second-order valence-electron chi connectivity index (χ2n) is 13.3. The first-order valence-corrected chi connectivity index (χ1v) is 15.5. The average Bonchev–Trinajstić information content (AvgIpc) is 3.17. The Balaban J connectivity index is 1.45. The number of hydrogen-bond acceptors (Lipinski definition) is 8. The molecule has 0 amide bonds. The van der Waals surface area contributed by atoms with Crippen molar-refractivity contribution in [3.8, 4) is 0 Å². The lowest BCUT2D eigenvalue weighted by atomic mass is 9.43. The highest BCUT2D eigenvalue weighted by Crippen LogP contribution is 2.68. The molecule has 0 radical (unpaired) electrons. The third-order valence-corrected chi connectivity index (χ3v) is 12.1. The Morgan fingerprint density at radius 2 is 1.70 bits per heavy atom. The Labute approximate surface area is 221 Å². The third kappa shape index (κ3) is 5.51. The Bertz CT molecular complexity index is 898. The van der Waals surface area contributed by atoms with E-state index < -0.39 is 47.8 Å². The van der Waals surface area contributed by atoms with Crippen molar-refractivity contribution in [2.24, 2.45) is 52.3 Å². The summed E-state index contributed by atoms with van der Waals surface area (Å²) < 4.78 is 34.9. The summed E-state index contributed by atoms with van der Waals surface area (Å²) in [5.74, 6) is 0.439. The topological polar surface area (TPSA) is 165 Å². The minimum atomic E-state index is -4.65. The second kappa shape index (κ2) is 10.9. The van der Waals surface area contributed by atoms with E-state index in [1.165, 1.54) is 0 Å². The van der Waals surface area contributed by atoms with Crippen molar-refractivity contribution in [3.05, 3.63) is 0 Å². The first-order chi connectivity index (χ1) is 17.2. The van der Waals surface area contributed by atoms with Crippen molar-refractivity contribution in [1.29, 1.82) is 0 Å². The molecule has 216 valence electrons. The first-order valence-electron chi connectivity index (χ1n) is 14.2. The molecule has 6 N–H and O–H groups in total. The number of aliphatic hydroxyl groups excluding tert-OH is 5. The predicted molar refractivity (Wildman–Crippen MR) is 136 cm³/mol. The van der Waals surface area contributed by atoms with Gasteiger partial charge in [-0.15, -0.1) is 0 Å². The van der Waals surface area contributed by atoms with Gasteiger partial charge < -0.3 is 25.5 Å². The molecule has 4 aliphatic rings. The maximum Gasteiger partial charge on any atom is 0.397 e. The van der Waals surface area contributed by atoms with E-state index in [-0.39, 0.29) is 52.4 Å². The van der Waals surface area contributed by atoms with Crippen LogP contribution in [0.2, 0.25) is 0 Å². The molecular formula is C27H48O9S. The fourth-order valence-corrected chi connectivity index (χ4v) is 9.81. The van der Waals surface area contributed by atoms with Crippen molar-refractivity contribution in [1.82, 2.24) is 0 Å². The van der Waals surface area contributed by atoms with Crippen LogP contribution in [0.15, 0.2) is 0 Å². The van der Waals surface area contributed by atoms with Gasteiger partial charge in [0, 0.05) is 5.92 Å². The smallest absolute Gasteiger partial charge is 0.396 e. The normalized spacial score (nSPS) is 46.4. The van der Waals surface area contributed by atoms with Crippen LogP contribution in [-0.2, 0) is 14.6 Å². The van der Waals surface area contributed by atoms with E-state index in [4.69, 9.17) is 4.55 Å². The molecule has 0 aliphatic heterocycles. The van der Waals surface area contributed by atoms with E-state index in [1.54, 1.807) is 0 Å². The number of hydrogen-bond donors (Lipinski definition) is 6. The molecular weight excluding hydrogens is 500 g/mol. The molecule has 6 unspecified atom stereocenters. The summed E-state index contributed by atoms with van der Waals surface area (Å²) in [4.78, 5) is 0. The SMILES string of the molecule is C[C@H](CC[C@@H](O)[C@H](CO)COS(=O)(=O)O)C1CCC2C3C(O)CC4C[C@H](O)CC[C@]4(C)C3C[C@H](O)[C@@]21C. The van der Waals surface area contributed by atoms with Crippen molar-refractivity contribution in [3.63, 3.8) is 0 Å². The summed E-state index contributed by atoms with van der Waals surface area (Å²) in [6.07, 6.45) is 4.54. The van der Waals surface area contributed by atoms with Crippen LogP contribution in [0.3, 0.4) is 0 Å². The van der Waals surface area contributed by atoms with Gasteiger partial charge in [-0.2, -0.15) is 8.42 Å². The van der Waals surface area contributed by atoms with Crippen LogP contribution < -0.4 is 0 Å². The Morgan fingerprint density at radius 1 is 1.00 bits per heavy atom. The van der Waals surface area contributed by atoms with E-state index >= 15 is 0 Å². The van der Waals surface area contributed by atoms with Gasteiger partial charge >= 0.3 is 10.4 Å². The fraction of sp³-hybridized carbons (Fsp3) is 1.00. The molecule has 4 aliphatic carbocycles. The molecule has 0 aromatic rings. The largest absolute Gasteiger partial charge is 0.397 e. The number of aliphatic hydroxyl groups is 5. The summed E-state index contributed by atoms with van der Waals surface area (Å²) in [5, 5.41) is 53.5. The van der Waals surface area contributed by atoms with Gasteiger partial charge in [0.05, 0.1) is 37.6 Å². The van der Waals surface area contributed by atoms with Gasteiger partial charge in [-0.05, 0) is 104 Å². The predicted octanol–water partition coefficient (Wildman–Crippen LogP) is 2.15. The summed E-state index contributed by atoms with van der Waals surface area (Å²) in [6, 6.07) is 0. The molecule has 4 rings (SSSR count). The van der Waals surface area contributed by atoms with E-state index in [2.05, 4.69) is 25.0 Å². The Morgan fingerprint density at radius 3 is 2.35 bits per heavy atom. The Kier molecular flexibility index (Phi) is 8.75. The molecule has 0 aromatic heterocycles.